The molecule has 0 radical (unpaired) electrons. The number of hydrogen-bond donors (Lipinski definition) is 1. The lowest BCUT2D eigenvalue weighted by atomic mass is 9.80. The first-order valence-electron chi connectivity index (χ1n) is 12.9. The molecule has 1 spiro atoms. The van der Waals surface area contributed by atoms with Crippen molar-refractivity contribution in [3.05, 3.63) is 54.2 Å². The van der Waals surface area contributed by atoms with Gasteiger partial charge in [-0.25, -0.2) is 4.98 Å². The average Bonchev–Trinajstić information content (AvgIpc) is 2.85. The zero-order chi connectivity index (χ0) is 24.8. The van der Waals surface area contributed by atoms with Gasteiger partial charge in [-0.1, -0.05) is 51.5 Å². The number of piperidine rings is 1. The summed E-state index contributed by atoms with van der Waals surface area (Å²) in [6.45, 7) is 9.11. The summed E-state index contributed by atoms with van der Waals surface area (Å²) < 4.78 is 6.04. The molecule has 4 rings (SSSR count). The van der Waals surface area contributed by atoms with Crippen LogP contribution in [0.25, 0.3) is 0 Å². The molecule has 0 bridgehead atoms. The van der Waals surface area contributed by atoms with Crippen molar-refractivity contribution in [1.82, 2.24) is 20.1 Å². The molecule has 188 valence electrons. The van der Waals surface area contributed by atoms with Gasteiger partial charge in [-0.2, -0.15) is 0 Å². The summed E-state index contributed by atoms with van der Waals surface area (Å²) in [6, 6.07) is 13.2. The van der Waals surface area contributed by atoms with Gasteiger partial charge in [-0.05, 0) is 49.8 Å². The molecule has 1 N–H and O–H groups in total. The third kappa shape index (κ3) is 5.67. The summed E-state index contributed by atoms with van der Waals surface area (Å²) in [7, 11) is 0. The van der Waals surface area contributed by atoms with E-state index in [0.717, 1.165) is 37.2 Å². The van der Waals surface area contributed by atoms with E-state index in [1.807, 2.05) is 47.4 Å². The Morgan fingerprint density at radius 3 is 2.54 bits per heavy atom. The molecule has 1 aromatic heterocycles. The molecule has 2 aliphatic heterocycles. The smallest absolute Gasteiger partial charge is 0.246 e. The van der Waals surface area contributed by atoms with Gasteiger partial charge in [0.1, 0.15) is 17.3 Å². The highest BCUT2D eigenvalue weighted by Gasteiger charge is 2.53. The van der Waals surface area contributed by atoms with Crippen LogP contribution in [-0.4, -0.2) is 57.8 Å². The zero-order valence-corrected chi connectivity index (χ0v) is 21.2. The van der Waals surface area contributed by atoms with E-state index in [2.05, 4.69) is 36.0 Å². The van der Waals surface area contributed by atoms with Gasteiger partial charge in [0.15, 0.2) is 0 Å². The molecule has 2 saturated heterocycles. The first kappa shape index (κ1) is 25.2. The Balaban J connectivity index is 1.46. The Morgan fingerprint density at radius 2 is 1.86 bits per heavy atom. The van der Waals surface area contributed by atoms with Crippen molar-refractivity contribution in [2.24, 2.45) is 5.92 Å². The van der Waals surface area contributed by atoms with E-state index < -0.39 is 11.6 Å². The lowest BCUT2D eigenvalue weighted by Crippen LogP contribution is -2.73. The molecule has 1 unspecified atom stereocenters. The first-order chi connectivity index (χ1) is 16.9. The quantitative estimate of drug-likeness (QED) is 0.579. The summed E-state index contributed by atoms with van der Waals surface area (Å²) in [5.41, 5.74) is 0.269. The van der Waals surface area contributed by atoms with Gasteiger partial charge in [0.2, 0.25) is 17.7 Å². The highest BCUT2D eigenvalue weighted by molar-refractivity contribution is 6.00. The number of piperazine rings is 1. The van der Waals surface area contributed by atoms with E-state index in [9.17, 15) is 9.59 Å². The lowest BCUT2D eigenvalue weighted by molar-refractivity contribution is -0.161. The predicted molar refractivity (Wildman–Crippen MR) is 136 cm³/mol. The summed E-state index contributed by atoms with van der Waals surface area (Å²) in [4.78, 5) is 35.6. The van der Waals surface area contributed by atoms with E-state index in [0.29, 0.717) is 44.1 Å². The minimum Gasteiger partial charge on any atom is -0.439 e. The predicted octanol–water partition coefficient (Wildman–Crippen LogP) is 4.38. The van der Waals surface area contributed by atoms with Crippen molar-refractivity contribution in [2.45, 2.75) is 71.0 Å². The van der Waals surface area contributed by atoms with E-state index in [1.165, 1.54) is 0 Å². The third-order valence-electron chi connectivity index (χ3n) is 7.14. The van der Waals surface area contributed by atoms with Crippen molar-refractivity contribution in [2.75, 3.05) is 19.6 Å². The number of amides is 2. The number of pyridine rings is 1. The molecule has 2 aliphatic rings. The van der Waals surface area contributed by atoms with Crippen LogP contribution in [0.2, 0.25) is 0 Å². The standard InChI is InChI=1S/C28H38N4O3/c1-4-5-16-32-26(33)24(19-21(2)3)30-27(34)28(32)13-17-31(18-14-28)20-22-10-9-15-29-25(22)35-23-11-7-6-8-12-23/h6-12,15,21,24H,4-5,13-14,16-20H2,1-3H3,(H,30,34). The van der Waals surface area contributed by atoms with Crippen LogP contribution < -0.4 is 10.1 Å². The second-order valence-corrected chi connectivity index (χ2v) is 10.2. The van der Waals surface area contributed by atoms with Gasteiger partial charge < -0.3 is 15.0 Å². The van der Waals surface area contributed by atoms with Crippen LogP contribution in [0, 0.1) is 5.92 Å². The van der Waals surface area contributed by atoms with Crippen molar-refractivity contribution in [3.8, 4) is 11.6 Å². The van der Waals surface area contributed by atoms with Crippen molar-refractivity contribution < 1.29 is 14.3 Å². The van der Waals surface area contributed by atoms with E-state index in [-0.39, 0.29) is 11.8 Å². The first-order valence-corrected chi connectivity index (χ1v) is 12.9. The van der Waals surface area contributed by atoms with Crippen LogP contribution in [0.4, 0.5) is 0 Å². The number of nitrogens with zero attached hydrogens (tertiary/aromatic N) is 3. The number of hydrogen-bond acceptors (Lipinski definition) is 5. The maximum atomic E-state index is 13.5. The van der Waals surface area contributed by atoms with Gasteiger partial charge in [-0.15, -0.1) is 0 Å². The highest BCUT2D eigenvalue weighted by Crippen LogP contribution is 2.35. The Kier molecular flexibility index (Phi) is 8.06. The number of likely N-dealkylation sites (tertiary alicyclic amines) is 1. The fourth-order valence-electron chi connectivity index (χ4n) is 5.20. The highest BCUT2D eigenvalue weighted by atomic mass is 16.5. The monoisotopic (exact) mass is 478 g/mol. The zero-order valence-electron chi connectivity index (χ0n) is 21.2. The molecule has 0 saturated carbocycles. The average molecular weight is 479 g/mol. The van der Waals surface area contributed by atoms with Crippen LogP contribution in [0.15, 0.2) is 48.7 Å². The second-order valence-electron chi connectivity index (χ2n) is 10.2. The van der Waals surface area contributed by atoms with Gasteiger partial charge in [0, 0.05) is 37.9 Å². The number of benzene rings is 1. The number of aromatic nitrogens is 1. The molecule has 0 aliphatic carbocycles. The molecular weight excluding hydrogens is 440 g/mol. The third-order valence-corrected chi connectivity index (χ3v) is 7.14. The van der Waals surface area contributed by atoms with Crippen LogP contribution in [0.1, 0.15) is 58.4 Å². The Hall–Kier alpha value is -2.93. The Labute approximate surface area is 208 Å². The Bertz CT molecular complexity index is 1000. The lowest BCUT2D eigenvalue weighted by Gasteiger charge is -2.52. The molecule has 3 heterocycles. The maximum Gasteiger partial charge on any atom is 0.246 e. The van der Waals surface area contributed by atoms with Gasteiger partial charge >= 0.3 is 0 Å². The molecule has 35 heavy (non-hydrogen) atoms. The molecule has 2 fully saturated rings. The summed E-state index contributed by atoms with van der Waals surface area (Å²) >= 11 is 0. The normalized spacial score (nSPS) is 20.3. The number of ether oxygens (including phenoxy) is 1. The molecule has 2 amide bonds. The van der Waals surface area contributed by atoms with Crippen molar-refractivity contribution >= 4 is 11.8 Å². The fraction of sp³-hybridized carbons (Fsp3) is 0.536. The maximum absolute atomic E-state index is 13.5. The number of nitrogens with one attached hydrogen (secondary N) is 1. The molecular formula is C28H38N4O3. The van der Waals surface area contributed by atoms with Crippen LogP contribution in [0.5, 0.6) is 11.6 Å². The SMILES string of the molecule is CCCCN1C(=O)C(CC(C)C)NC(=O)C12CCN(Cc1cccnc1Oc1ccccc1)CC2. The van der Waals surface area contributed by atoms with E-state index >= 15 is 0 Å². The summed E-state index contributed by atoms with van der Waals surface area (Å²) in [6.07, 6.45) is 5.60. The topological polar surface area (TPSA) is 74.8 Å². The van der Waals surface area contributed by atoms with Gasteiger partial charge in [0.05, 0.1) is 0 Å². The molecule has 7 heteroatoms. The number of unbranched alkanes of at least 4 members (excludes halogenated alkanes) is 1. The molecule has 2 aromatic rings. The molecule has 1 atom stereocenters. The van der Waals surface area contributed by atoms with Gasteiger partial charge in [-0.3, -0.25) is 14.5 Å². The van der Waals surface area contributed by atoms with E-state index in [4.69, 9.17) is 4.74 Å². The van der Waals surface area contributed by atoms with Crippen molar-refractivity contribution in [3.63, 3.8) is 0 Å². The van der Waals surface area contributed by atoms with Crippen LogP contribution in [0.3, 0.4) is 0 Å². The number of para-hydroxylation sites is 1. The van der Waals surface area contributed by atoms with Gasteiger partial charge in [0.25, 0.3) is 0 Å². The minimum atomic E-state index is -0.742. The summed E-state index contributed by atoms with van der Waals surface area (Å²) in [5.74, 6) is 1.81. The number of rotatable bonds is 9. The van der Waals surface area contributed by atoms with Crippen LogP contribution >= 0.6 is 0 Å². The van der Waals surface area contributed by atoms with Crippen LogP contribution in [-0.2, 0) is 16.1 Å². The molecule has 1 aromatic carbocycles. The molecule has 7 nitrogen and oxygen atoms in total. The summed E-state index contributed by atoms with van der Waals surface area (Å²) in [5, 5.41) is 3.09. The number of carbonyl (C=O) groups excluding carboxylic acids is 2. The fourth-order valence-corrected chi connectivity index (χ4v) is 5.20. The number of carbonyl (C=O) groups is 2. The Morgan fingerprint density at radius 1 is 1.11 bits per heavy atom. The van der Waals surface area contributed by atoms with E-state index in [1.54, 1.807) is 6.20 Å². The minimum absolute atomic E-state index is 0.0213. The van der Waals surface area contributed by atoms with Crippen molar-refractivity contribution in [1.29, 1.82) is 0 Å². The second kappa shape index (κ2) is 11.2. The largest absolute Gasteiger partial charge is 0.439 e.